The number of hydrogen-bond acceptors (Lipinski definition) is 6. The second-order valence-electron chi connectivity index (χ2n) is 6.46. The molecule has 0 atom stereocenters. The number of aromatic nitrogens is 4. The minimum absolute atomic E-state index is 0.109. The molecule has 2 N–H and O–H groups in total. The van der Waals surface area contributed by atoms with Gasteiger partial charge >= 0.3 is 5.97 Å². The Morgan fingerprint density at radius 1 is 1.10 bits per heavy atom. The van der Waals surface area contributed by atoms with Gasteiger partial charge < -0.3 is 10.1 Å². The zero-order chi connectivity index (χ0) is 21.1. The quantitative estimate of drug-likeness (QED) is 0.493. The number of amides is 1. The van der Waals surface area contributed by atoms with E-state index < -0.39 is 11.5 Å². The van der Waals surface area contributed by atoms with Crippen LogP contribution in [-0.2, 0) is 16.0 Å². The summed E-state index contributed by atoms with van der Waals surface area (Å²) in [6, 6.07) is 17.4. The first-order chi connectivity index (χ1) is 14.5. The second kappa shape index (κ2) is 8.00. The largest absolute Gasteiger partial charge is 0.465 e. The maximum atomic E-state index is 12.5. The molecule has 2 aromatic heterocycles. The molecule has 0 saturated carbocycles. The predicted molar refractivity (Wildman–Crippen MR) is 109 cm³/mol. The van der Waals surface area contributed by atoms with Crippen LogP contribution in [-0.4, -0.2) is 38.8 Å². The van der Waals surface area contributed by atoms with Crippen molar-refractivity contribution < 1.29 is 14.3 Å². The van der Waals surface area contributed by atoms with E-state index in [1.165, 1.54) is 11.6 Å². The van der Waals surface area contributed by atoms with Crippen LogP contribution in [0.3, 0.4) is 0 Å². The number of carbonyl (C=O) groups excluding carboxylic acids is 2. The van der Waals surface area contributed by atoms with Gasteiger partial charge in [0.25, 0.3) is 5.56 Å². The summed E-state index contributed by atoms with van der Waals surface area (Å²) in [5.74, 6) is -0.519. The average Bonchev–Trinajstić information content (AvgIpc) is 3.23. The highest BCUT2D eigenvalue weighted by molar-refractivity contribution is 5.93. The van der Waals surface area contributed by atoms with Crippen LogP contribution in [0.25, 0.3) is 16.8 Å². The number of hydrogen-bond donors (Lipinski definition) is 2. The molecule has 0 saturated heterocycles. The zero-order valence-electron chi connectivity index (χ0n) is 16.0. The number of carbonyl (C=O) groups is 2. The van der Waals surface area contributed by atoms with Gasteiger partial charge in [-0.2, -0.15) is 10.2 Å². The Bertz CT molecular complexity index is 1280. The lowest BCUT2D eigenvalue weighted by Crippen LogP contribution is -2.22. The fraction of sp³-hybridized carbons (Fsp3) is 0.0952. The molecule has 2 aromatic carbocycles. The van der Waals surface area contributed by atoms with Gasteiger partial charge in [-0.05, 0) is 30.3 Å². The van der Waals surface area contributed by atoms with Gasteiger partial charge in [0, 0.05) is 11.3 Å². The molecule has 0 bridgehead atoms. The Morgan fingerprint density at radius 2 is 1.83 bits per heavy atom. The standard InChI is InChI=1S/C21H17N5O4/c1-30-21(29)14-7-9-15(10-8-14)22-19(27)12-18-23-24-20(28)17-11-16(25-26(17)18)13-5-3-2-4-6-13/h2-11H,12H2,1H3,(H,22,27)(H,24,28). The van der Waals surface area contributed by atoms with Gasteiger partial charge in [0.15, 0.2) is 5.82 Å². The summed E-state index contributed by atoms with van der Waals surface area (Å²) >= 11 is 0. The van der Waals surface area contributed by atoms with Crippen LogP contribution in [0.5, 0.6) is 0 Å². The highest BCUT2D eigenvalue weighted by Gasteiger charge is 2.15. The summed E-state index contributed by atoms with van der Waals surface area (Å²) < 4.78 is 6.02. The van der Waals surface area contributed by atoms with Crippen molar-refractivity contribution in [2.45, 2.75) is 6.42 Å². The number of methoxy groups -OCH3 is 1. The summed E-state index contributed by atoms with van der Waals surface area (Å²) in [6.45, 7) is 0. The maximum Gasteiger partial charge on any atom is 0.337 e. The normalized spacial score (nSPS) is 10.7. The van der Waals surface area contributed by atoms with E-state index in [1.54, 1.807) is 30.3 Å². The number of rotatable bonds is 5. The van der Waals surface area contributed by atoms with Crippen LogP contribution in [0.1, 0.15) is 16.2 Å². The number of benzene rings is 2. The van der Waals surface area contributed by atoms with Crippen LogP contribution in [0, 0.1) is 0 Å². The third-order valence-electron chi connectivity index (χ3n) is 4.45. The molecule has 2 heterocycles. The summed E-state index contributed by atoms with van der Waals surface area (Å²) in [6.07, 6.45) is -0.109. The summed E-state index contributed by atoms with van der Waals surface area (Å²) in [4.78, 5) is 36.1. The summed E-state index contributed by atoms with van der Waals surface area (Å²) in [5.41, 5.74) is 2.25. The number of nitrogens with one attached hydrogen (secondary N) is 2. The minimum Gasteiger partial charge on any atom is -0.465 e. The molecule has 0 fully saturated rings. The van der Waals surface area contributed by atoms with Crippen LogP contribution in [0.15, 0.2) is 65.5 Å². The molecule has 9 nitrogen and oxygen atoms in total. The van der Waals surface area contributed by atoms with Crippen molar-refractivity contribution in [3.8, 4) is 11.3 Å². The smallest absolute Gasteiger partial charge is 0.337 e. The third kappa shape index (κ3) is 3.81. The topological polar surface area (TPSA) is 118 Å². The molecular weight excluding hydrogens is 386 g/mol. The first-order valence-corrected chi connectivity index (χ1v) is 9.06. The van der Waals surface area contributed by atoms with Crippen LogP contribution < -0.4 is 10.9 Å². The van der Waals surface area contributed by atoms with E-state index in [-0.39, 0.29) is 18.2 Å². The van der Waals surface area contributed by atoms with Crippen molar-refractivity contribution >= 4 is 23.1 Å². The fourth-order valence-electron chi connectivity index (χ4n) is 2.98. The lowest BCUT2D eigenvalue weighted by molar-refractivity contribution is -0.115. The Kier molecular flexibility index (Phi) is 5.08. The van der Waals surface area contributed by atoms with E-state index in [9.17, 15) is 14.4 Å². The lowest BCUT2D eigenvalue weighted by Gasteiger charge is -2.06. The van der Waals surface area contributed by atoms with Gasteiger partial charge in [-0.15, -0.1) is 0 Å². The highest BCUT2D eigenvalue weighted by atomic mass is 16.5. The summed E-state index contributed by atoms with van der Waals surface area (Å²) in [7, 11) is 1.30. The number of esters is 1. The first kappa shape index (κ1) is 19.1. The monoisotopic (exact) mass is 403 g/mol. The highest BCUT2D eigenvalue weighted by Crippen LogP contribution is 2.18. The maximum absolute atomic E-state index is 12.5. The van der Waals surface area contributed by atoms with Gasteiger partial charge in [0.2, 0.25) is 5.91 Å². The second-order valence-corrected chi connectivity index (χ2v) is 6.46. The Labute approximate surface area is 170 Å². The van der Waals surface area contributed by atoms with Crippen LogP contribution in [0.4, 0.5) is 5.69 Å². The first-order valence-electron chi connectivity index (χ1n) is 9.06. The number of anilines is 1. The number of aromatic amines is 1. The lowest BCUT2D eigenvalue weighted by atomic mass is 10.1. The molecule has 4 aromatic rings. The van der Waals surface area contributed by atoms with Crippen LogP contribution >= 0.6 is 0 Å². The van der Waals surface area contributed by atoms with E-state index >= 15 is 0 Å². The number of H-pyrrole nitrogens is 1. The molecule has 0 radical (unpaired) electrons. The van der Waals surface area contributed by atoms with Crippen molar-refractivity contribution in [2.75, 3.05) is 12.4 Å². The molecular formula is C21H17N5O4. The Balaban J connectivity index is 1.57. The molecule has 0 spiro atoms. The number of ether oxygens (including phenoxy) is 1. The molecule has 30 heavy (non-hydrogen) atoms. The Morgan fingerprint density at radius 3 is 2.53 bits per heavy atom. The van der Waals surface area contributed by atoms with E-state index in [0.29, 0.717) is 22.5 Å². The van der Waals surface area contributed by atoms with E-state index in [0.717, 1.165) is 5.56 Å². The van der Waals surface area contributed by atoms with E-state index in [1.807, 2.05) is 30.3 Å². The average molecular weight is 403 g/mol. The molecule has 0 aliphatic rings. The predicted octanol–water partition coefficient (Wildman–Crippen LogP) is 2.05. The van der Waals surface area contributed by atoms with Crippen molar-refractivity contribution in [1.82, 2.24) is 19.8 Å². The fourth-order valence-corrected chi connectivity index (χ4v) is 2.98. The van der Waals surface area contributed by atoms with Gasteiger partial charge in [-0.25, -0.2) is 14.4 Å². The van der Waals surface area contributed by atoms with Crippen molar-refractivity contribution in [2.24, 2.45) is 0 Å². The molecule has 0 aliphatic heterocycles. The molecule has 0 unspecified atom stereocenters. The molecule has 1 amide bonds. The molecule has 4 rings (SSSR count). The number of nitrogens with zero attached hydrogens (tertiary/aromatic N) is 3. The SMILES string of the molecule is COC(=O)c1ccc(NC(=O)Cc2n[nH]c(=O)c3cc(-c4ccccc4)nn23)cc1. The van der Waals surface area contributed by atoms with E-state index in [4.69, 9.17) is 0 Å². The Hall–Kier alpha value is -4.27. The van der Waals surface area contributed by atoms with Crippen molar-refractivity contribution in [3.05, 3.63) is 82.4 Å². The van der Waals surface area contributed by atoms with Gasteiger partial charge in [0.05, 0.1) is 24.8 Å². The van der Waals surface area contributed by atoms with E-state index in [2.05, 4.69) is 25.3 Å². The molecule has 0 aliphatic carbocycles. The van der Waals surface area contributed by atoms with Crippen molar-refractivity contribution in [1.29, 1.82) is 0 Å². The molecule has 9 heteroatoms. The summed E-state index contributed by atoms with van der Waals surface area (Å²) in [5, 5.41) is 13.6. The third-order valence-corrected chi connectivity index (χ3v) is 4.45. The molecule has 150 valence electrons. The van der Waals surface area contributed by atoms with Crippen LogP contribution in [0.2, 0.25) is 0 Å². The number of fused-ring (bicyclic) bond motifs is 1. The minimum atomic E-state index is -0.458. The van der Waals surface area contributed by atoms with Gasteiger partial charge in [-0.3, -0.25) is 9.59 Å². The van der Waals surface area contributed by atoms with Crippen molar-refractivity contribution in [3.63, 3.8) is 0 Å². The zero-order valence-corrected chi connectivity index (χ0v) is 16.0. The van der Waals surface area contributed by atoms with Gasteiger partial charge in [0.1, 0.15) is 5.52 Å². The van der Waals surface area contributed by atoms with Gasteiger partial charge in [-0.1, -0.05) is 30.3 Å².